The Morgan fingerprint density at radius 1 is 1.14 bits per heavy atom. The molecular weight excluding hydrogens is 386 g/mol. The Morgan fingerprint density at radius 3 is 2.66 bits per heavy atom. The summed E-state index contributed by atoms with van der Waals surface area (Å²) in [5.41, 5.74) is 0.225. The van der Waals surface area contributed by atoms with Crippen molar-refractivity contribution < 1.29 is 28.7 Å². The first-order valence-corrected chi connectivity index (χ1v) is 8.33. The number of carbonyl (C=O) groups is 4. The van der Waals surface area contributed by atoms with E-state index in [1.54, 1.807) is 12.1 Å². The maximum absolute atomic E-state index is 12.3. The van der Waals surface area contributed by atoms with Crippen LogP contribution in [-0.4, -0.2) is 70.9 Å². The van der Waals surface area contributed by atoms with Crippen LogP contribution >= 0.6 is 0 Å². The summed E-state index contributed by atoms with van der Waals surface area (Å²) in [6, 6.07) is 5.36. The van der Waals surface area contributed by atoms with Crippen molar-refractivity contribution in [3.05, 3.63) is 36.2 Å². The number of ether oxygens (including phenoxy) is 2. The largest absolute Gasteiger partial charge is 0.452 e. The lowest BCUT2D eigenvalue weighted by atomic mass is 10.2. The number of carbonyl (C=O) groups excluding carboxylic acids is 4. The molecule has 0 atom stereocenters. The summed E-state index contributed by atoms with van der Waals surface area (Å²) in [5.74, 6) is -2.13. The van der Waals surface area contributed by atoms with Gasteiger partial charge in [-0.3, -0.25) is 14.9 Å². The van der Waals surface area contributed by atoms with Crippen LogP contribution in [0.1, 0.15) is 10.4 Å². The van der Waals surface area contributed by atoms with E-state index in [9.17, 15) is 19.2 Å². The average Bonchev–Trinajstić information content (AvgIpc) is 3.19. The number of imide groups is 1. The quantitative estimate of drug-likeness (QED) is 0.348. The Morgan fingerprint density at radius 2 is 1.93 bits per heavy atom. The summed E-state index contributed by atoms with van der Waals surface area (Å²) in [4.78, 5) is 47.4. The predicted molar refractivity (Wildman–Crippen MR) is 96.6 cm³/mol. The molecule has 0 fully saturated rings. The lowest BCUT2D eigenvalue weighted by molar-refractivity contribution is -0.123. The maximum Gasteiger partial charge on any atom is 0.340 e. The number of amides is 4. The molecule has 2 aromatic rings. The van der Waals surface area contributed by atoms with Crippen molar-refractivity contribution in [3.63, 3.8) is 0 Å². The number of nitrogens with zero attached hydrogens (tertiary/aromatic N) is 4. The number of hydrogen-bond donors (Lipinski definition) is 3. The molecule has 4 amide bonds. The van der Waals surface area contributed by atoms with E-state index in [1.165, 1.54) is 30.3 Å². The second-order valence-electron chi connectivity index (χ2n) is 5.47. The highest BCUT2D eigenvalue weighted by Crippen LogP contribution is 2.16. The molecule has 0 spiro atoms. The van der Waals surface area contributed by atoms with Gasteiger partial charge in [0.15, 0.2) is 6.61 Å². The summed E-state index contributed by atoms with van der Waals surface area (Å²) in [6.07, 6.45) is 1.27. The lowest BCUT2D eigenvalue weighted by Crippen LogP contribution is -2.42. The molecule has 13 nitrogen and oxygen atoms in total. The molecule has 0 aliphatic rings. The van der Waals surface area contributed by atoms with E-state index >= 15 is 0 Å². The maximum atomic E-state index is 12.3. The van der Waals surface area contributed by atoms with Gasteiger partial charge in [-0.15, -0.1) is 5.10 Å². The molecule has 0 bridgehead atoms. The number of para-hydroxylation sites is 1. The van der Waals surface area contributed by atoms with Crippen LogP contribution in [0.3, 0.4) is 0 Å². The lowest BCUT2D eigenvalue weighted by Gasteiger charge is -2.11. The molecule has 1 aromatic heterocycles. The molecule has 154 valence electrons. The monoisotopic (exact) mass is 405 g/mol. The molecule has 0 unspecified atom stereocenters. The van der Waals surface area contributed by atoms with Crippen LogP contribution in [0.15, 0.2) is 30.6 Å². The fourth-order valence-electron chi connectivity index (χ4n) is 2.04. The van der Waals surface area contributed by atoms with Gasteiger partial charge in [-0.25, -0.2) is 14.3 Å². The third kappa shape index (κ3) is 7.34. The highest BCUT2D eigenvalue weighted by atomic mass is 16.5. The van der Waals surface area contributed by atoms with Gasteiger partial charge in [0.2, 0.25) is 5.91 Å². The van der Waals surface area contributed by atoms with Crippen LogP contribution in [0.4, 0.5) is 10.5 Å². The minimum Gasteiger partial charge on any atom is -0.452 e. The van der Waals surface area contributed by atoms with Gasteiger partial charge in [-0.1, -0.05) is 12.1 Å². The Balaban J connectivity index is 1.86. The summed E-state index contributed by atoms with van der Waals surface area (Å²) in [5, 5.41) is 17.3. The first-order chi connectivity index (χ1) is 14.0. The highest BCUT2D eigenvalue weighted by Gasteiger charge is 2.17. The van der Waals surface area contributed by atoms with Gasteiger partial charge in [-0.05, 0) is 22.6 Å². The summed E-state index contributed by atoms with van der Waals surface area (Å²) in [6.45, 7) is -0.333. The van der Waals surface area contributed by atoms with Crippen molar-refractivity contribution in [2.24, 2.45) is 0 Å². The molecule has 3 N–H and O–H groups in total. The number of aromatic nitrogens is 4. The van der Waals surface area contributed by atoms with Gasteiger partial charge in [0.1, 0.15) is 12.9 Å². The Bertz CT molecular complexity index is 855. The zero-order valence-corrected chi connectivity index (χ0v) is 15.5. The molecule has 0 aliphatic carbocycles. The average molecular weight is 405 g/mol. The number of benzene rings is 1. The molecule has 13 heteroatoms. The minimum absolute atomic E-state index is 0.0370. The number of tetrazole rings is 1. The van der Waals surface area contributed by atoms with Gasteiger partial charge < -0.3 is 20.1 Å². The zero-order chi connectivity index (χ0) is 21.1. The van der Waals surface area contributed by atoms with Crippen LogP contribution in [0.2, 0.25) is 0 Å². The third-order valence-electron chi connectivity index (χ3n) is 3.30. The number of nitrogens with one attached hydrogen (secondary N) is 3. The zero-order valence-electron chi connectivity index (χ0n) is 15.5. The molecular formula is C16H19N7O6. The fourth-order valence-corrected chi connectivity index (χ4v) is 2.04. The van der Waals surface area contributed by atoms with Gasteiger partial charge >= 0.3 is 12.0 Å². The van der Waals surface area contributed by atoms with E-state index in [-0.39, 0.29) is 30.9 Å². The highest BCUT2D eigenvalue weighted by molar-refractivity contribution is 6.02. The van der Waals surface area contributed by atoms with Crippen molar-refractivity contribution in [1.29, 1.82) is 0 Å². The van der Waals surface area contributed by atoms with Crippen LogP contribution in [-0.2, 0) is 25.6 Å². The van der Waals surface area contributed by atoms with Crippen LogP contribution in [0.5, 0.6) is 0 Å². The van der Waals surface area contributed by atoms with E-state index in [2.05, 4.69) is 26.2 Å². The van der Waals surface area contributed by atoms with Gasteiger partial charge in [0.05, 0.1) is 17.9 Å². The number of urea groups is 1. The summed E-state index contributed by atoms with van der Waals surface area (Å²) >= 11 is 0. The topological polar surface area (TPSA) is 166 Å². The second kappa shape index (κ2) is 11.1. The van der Waals surface area contributed by atoms with Crippen LogP contribution < -0.4 is 16.0 Å². The van der Waals surface area contributed by atoms with E-state index in [4.69, 9.17) is 9.47 Å². The Labute approximate surface area is 164 Å². The molecule has 0 radical (unpaired) electrons. The summed E-state index contributed by atoms with van der Waals surface area (Å²) in [7, 11) is 1.47. The molecule has 0 saturated heterocycles. The first kappa shape index (κ1) is 21.4. The number of esters is 1. The number of hydrogen-bond acceptors (Lipinski definition) is 9. The smallest absolute Gasteiger partial charge is 0.340 e. The van der Waals surface area contributed by atoms with Gasteiger partial charge in [-0.2, -0.15) is 0 Å². The van der Waals surface area contributed by atoms with Gasteiger partial charge in [0.25, 0.3) is 5.91 Å². The molecule has 1 heterocycles. The van der Waals surface area contributed by atoms with Crippen molar-refractivity contribution in [1.82, 2.24) is 30.8 Å². The SMILES string of the molecule is COCCNC(=O)NC(=O)COC(=O)c1ccccc1NC(=O)Cn1cnnn1. The number of methoxy groups -OCH3 is 1. The Kier molecular flexibility index (Phi) is 8.19. The number of anilines is 1. The van der Waals surface area contributed by atoms with Gasteiger partial charge in [0, 0.05) is 13.7 Å². The Hall–Kier alpha value is -3.87. The van der Waals surface area contributed by atoms with E-state index in [0.717, 1.165) is 0 Å². The number of rotatable bonds is 9. The molecule has 0 aliphatic heterocycles. The fraction of sp³-hybridized carbons (Fsp3) is 0.312. The van der Waals surface area contributed by atoms with Crippen molar-refractivity contribution >= 4 is 29.5 Å². The van der Waals surface area contributed by atoms with Crippen LogP contribution in [0, 0.1) is 0 Å². The van der Waals surface area contributed by atoms with E-state index in [0.29, 0.717) is 0 Å². The van der Waals surface area contributed by atoms with E-state index in [1.807, 2.05) is 5.32 Å². The third-order valence-corrected chi connectivity index (χ3v) is 3.30. The standard InChI is InChI=1S/C16H19N7O6/c1-28-7-6-17-16(27)20-14(25)9-29-15(26)11-4-2-3-5-12(11)19-13(24)8-23-10-18-21-22-23/h2-5,10H,6-9H2,1H3,(H,19,24)(H2,17,20,25,27). The van der Waals surface area contributed by atoms with Crippen molar-refractivity contribution in [2.45, 2.75) is 6.54 Å². The minimum atomic E-state index is -0.849. The predicted octanol–water partition coefficient (Wildman–Crippen LogP) is -1.06. The van der Waals surface area contributed by atoms with Crippen molar-refractivity contribution in [3.8, 4) is 0 Å². The summed E-state index contributed by atoms with van der Waals surface area (Å²) < 4.78 is 10.9. The normalized spacial score (nSPS) is 10.1. The second-order valence-corrected chi connectivity index (χ2v) is 5.47. The molecule has 0 saturated carbocycles. The molecule has 29 heavy (non-hydrogen) atoms. The van der Waals surface area contributed by atoms with Crippen LogP contribution in [0.25, 0.3) is 0 Å². The van der Waals surface area contributed by atoms with E-state index < -0.39 is 30.4 Å². The molecule has 2 rings (SSSR count). The first-order valence-electron chi connectivity index (χ1n) is 8.33. The van der Waals surface area contributed by atoms with Crippen molar-refractivity contribution in [2.75, 3.05) is 32.2 Å². The molecule has 1 aromatic carbocycles.